The van der Waals surface area contributed by atoms with Gasteiger partial charge in [-0.3, -0.25) is 10.1 Å². The second-order valence-electron chi connectivity index (χ2n) is 5.86. The number of rotatable bonds is 8. The average Bonchev–Trinajstić information content (AvgIpc) is 3.04. The summed E-state index contributed by atoms with van der Waals surface area (Å²) in [4.78, 5) is 23.6. The SMILES string of the molecule is CCOC(=O)c1sc2ccc([N+](=O)[O-])cc2c1CSCCc1ccccc1. The van der Waals surface area contributed by atoms with Crippen molar-refractivity contribution in [1.29, 1.82) is 0 Å². The molecule has 7 heteroatoms. The fourth-order valence-electron chi connectivity index (χ4n) is 2.76. The number of hydrogen-bond donors (Lipinski definition) is 0. The van der Waals surface area contributed by atoms with Crippen molar-refractivity contribution in [2.45, 2.75) is 19.1 Å². The number of carbonyl (C=O) groups excluding carboxylic acids is 1. The van der Waals surface area contributed by atoms with Crippen LogP contribution in [0.3, 0.4) is 0 Å². The molecular weight excluding hydrogens is 382 g/mol. The average molecular weight is 402 g/mol. The number of nitrogens with zero attached hydrogens (tertiary/aromatic N) is 1. The zero-order valence-corrected chi connectivity index (χ0v) is 16.5. The van der Waals surface area contributed by atoms with Crippen molar-refractivity contribution >= 4 is 44.8 Å². The minimum atomic E-state index is -0.409. The Morgan fingerprint density at radius 2 is 2.00 bits per heavy atom. The van der Waals surface area contributed by atoms with Gasteiger partial charge in [0.15, 0.2) is 0 Å². The number of carbonyl (C=O) groups is 1. The lowest BCUT2D eigenvalue weighted by Crippen LogP contribution is -2.05. The summed E-state index contributed by atoms with van der Waals surface area (Å²) in [7, 11) is 0. The molecule has 5 nitrogen and oxygen atoms in total. The molecule has 0 spiro atoms. The summed E-state index contributed by atoms with van der Waals surface area (Å²) < 4.78 is 6.04. The lowest BCUT2D eigenvalue weighted by molar-refractivity contribution is -0.384. The minimum absolute atomic E-state index is 0.0336. The highest BCUT2D eigenvalue weighted by atomic mass is 32.2. The number of thioether (sulfide) groups is 1. The maximum Gasteiger partial charge on any atom is 0.348 e. The molecular formula is C20H19NO4S2. The number of esters is 1. The van der Waals surface area contributed by atoms with E-state index in [2.05, 4.69) is 12.1 Å². The Balaban J connectivity index is 1.83. The van der Waals surface area contributed by atoms with Crippen molar-refractivity contribution in [2.75, 3.05) is 12.4 Å². The molecule has 0 aliphatic carbocycles. The second-order valence-corrected chi connectivity index (χ2v) is 8.01. The molecule has 2 aromatic carbocycles. The van der Waals surface area contributed by atoms with E-state index < -0.39 is 4.92 Å². The molecule has 1 heterocycles. The lowest BCUT2D eigenvalue weighted by Gasteiger charge is -2.05. The zero-order chi connectivity index (χ0) is 19.2. The normalized spacial score (nSPS) is 10.9. The lowest BCUT2D eigenvalue weighted by atomic mass is 10.1. The largest absolute Gasteiger partial charge is 0.462 e. The third kappa shape index (κ3) is 4.67. The quantitative estimate of drug-likeness (QED) is 0.217. The number of benzene rings is 2. The van der Waals surface area contributed by atoms with Crippen LogP contribution in [0.5, 0.6) is 0 Å². The molecule has 27 heavy (non-hydrogen) atoms. The molecule has 0 fully saturated rings. The van der Waals surface area contributed by atoms with Crippen molar-refractivity contribution in [2.24, 2.45) is 0 Å². The van der Waals surface area contributed by atoms with Gasteiger partial charge in [0.1, 0.15) is 4.88 Å². The highest BCUT2D eigenvalue weighted by Gasteiger charge is 2.21. The Labute approximate surface area is 165 Å². The van der Waals surface area contributed by atoms with Crippen molar-refractivity contribution in [3.63, 3.8) is 0 Å². The summed E-state index contributed by atoms with van der Waals surface area (Å²) in [5.74, 6) is 1.15. The number of nitro groups is 1. The van der Waals surface area contributed by atoms with Gasteiger partial charge in [-0.2, -0.15) is 11.8 Å². The molecule has 0 radical (unpaired) electrons. The summed E-state index contributed by atoms with van der Waals surface area (Å²) in [5.41, 5.74) is 2.13. The molecule has 0 aliphatic rings. The summed E-state index contributed by atoms with van der Waals surface area (Å²) in [6, 6.07) is 14.9. The Hall–Kier alpha value is -2.38. The molecule has 0 saturated carbocycles. The van der Waals surface area contributed by atoms with Gasteiger partial charge < -0.3 is 4.74 Å². The highest BCUT2D eigenvalue weighted by Crippen LogP contribution is 2.36. The van der Waals surface area contributed by atoms with Crippen LogP contribution in [-0.2, 0) is 16.9 Å². The molecule has 0 amide bonds. The molecule has 3 aromatic rings. The van der Waals surface area contributed by atoms with Crippen molar-refractivity contribution in [1.82, 2.24) is 0 Å². The van der Waals surface area contributed by atoms with Gasteiger partial charge in [0.2, 0.25) is 0 Å². The summed E-state index contributed by atoms with van der Waals surface area (Å²) in [6.07, 6.45) is 0.933. The van der Waals surface area contributed by atoms with E-state index in [0.29, 0.717) is 17.2 Å². The first kappa shape index (κ1) is 19.4. The highest BCUT2D eigenvalue weighted by molar-refractivity contribution is 7.98. The topological polar surface area (TPSA) is 69.4 Å². The Kier molecular flexibility index (Phi) is 6.47. The maximum atomic E-state index is 12.4. The second kappa shape index (κ2) is 9.01. The molecule has 0 saturated heterocycles. The van der Waals surface area contributed by atoms with Crippen LogP contribution >= 0.6 is 23.1 Å². The predicted octanol–water partition coefficient (Wildman–Crippen LogP) is 5.46. The van der Waals surface area contributed by atoms with Crippen molar-refractivity contribution in [3.05, 3.63) is 74.6 Å². The number of hydrogen-bond acceptors (Lipinski definition) is 6. The maximum absolute atomic E-state index is 12.4. The van der Waals surface area contributed by atoms with Gasteiger partial charge in [-0.15, -0.1) is 11.3 Å². The van der Waals surface area contributed by atoms with E-state index in [4.69, 9.17) is 4.74 Å². The van der Waals surface area contributed by atoms with E-state index in [9.17, 15) is 14.9 Å². The Morgan fingerprint density at radius 3 is 2.70 bits per heavy atom. The minimum Gasteiger partial charge on any atom is -0.462 e. The summed E-state index contributed by atoms with van der Waals surface area (Å²) in [5, 5.41) is 11.9. The first-order valence-corrected chi connectivity index (χ1v) is 10.6. The number of aryl methyl sites for hydroxylation is 1. The number of thiophene rings is 1. The summed E-state index contributed by atoms with van der Waals surface area (Å²) in [6.45, 7) is 2.07. The fourth-order valence-corrected chi connectivity index (χ4v) is 4.98. The van der Waals surface area contributed by atoms with Crippen LogP contribution in [0.2, 0.25) is 0 Å². The monoisotopic (exact) mass is 401 g/mol. The van der Waals surface area contributed by atoms with Gasteiger partial charge in [0, 0.05) is 28.0 Å². The third-order valence-electron chi connectivity index (χ3n) is 4.07. The van der Waals surface area contributed by atoms with Crippen molar-refractivity contribution < 1.29 is 14.5 Å². The summed E-state index contributed by atoms with van der Waals surface area (Å²) >= 11 is 3.05. The molecule has 0 N–H and O–H groups in total. The first-order chi connectivity index (χ1) is 13.1. The van der Waals surface area contributed by atoms with Crippen molar-refractivity contribution in [3.8, 4) is 0 Å². The fraction of sp³-hybridized carbons (Fsp3) is 0.250. The standard InChI is InChI=1S/C20H19NO4S2/c1-2-25-20(22)19-17(13-26-11-10-14-6-4-3-5-7-14)16-12-15(21(23)24)8-9-18(16)27-19/h3-9,12H,2,10-11,13H2,1H3. The number of ether oxygens (including phenoxy) is 1. The molecule has 140 valence electrons. The van der Waals surface area contributed by atoms with E-state index >= 15 is 0 Å². The van der Waals surface area contributed by atoms with E-state index in [1.165, 1.54) is 23.0 Å². The zero-order valence-electron chi connectivity index (χ0n) is 14.8. The van der Waals surface area contributed by atoms with Crippen LogP contribution in [0.25, 0.3) is 10.1 Å². The van der Waals surface area contributed by atoms with Crippen LogP contribution in [0.15, 0.2) is 48.5 Å². The van der Waals surface area contributed by atoms with Crippen LogP contribution in [0, 0.1) is 10.1 Å². The molecule has 1 aromatic heterocycles. The number of nitro benzene ring substituents is 1. The van der Waals surface area contributed by atoms with Gasteiger partial charge in [0.25, 0.3) is 5.69 Å². The first-order valence-electron chi connectivity index (χ1n) is 8.58. The van der Waals surface area contributed by atoms with Gasteiger partial charge in [-0.25, -0.2) is 4.79 Å². The van der Waals surface area contributed by atoms with Crippen LogP contribution in [0.1, 0.15) is 27.7 Å². The van der Waals surface area contributed by atoms with Gasteiger partial charge >= 0.3 is 5.97 Å². The molecule has 0 atom stereocenters. The van der Waals surface area contributed by atoms with Gasteiger partial charge in [0.05, 0.1) is 11.5 Å². The molecule has 3 rings (SSSR count). The number of non-ortho nitro benzene ring substituents is 1. The smallest absolute Gasteiger partial charge is 0.348 e. The van der Waals surface area contributed by atoms with E-state index in [-0.39, 0.29) is 11.7 Å². The molecule has 0 aliphatic heterocycles. The Morgan fingerprint density at radius 1 is 1.22 bits per heavy atom. The van der Waals surface area contributed by atoms with Gasteiger partial charge in [-0.05, 0) is 36.3 Å². The van der Waals surface area contributed by atoms with Crippen LogP contribution in [-0.4, -0.2) is 23.3 Å². The van der Waals surface area contributed by atoms with Gasteiger partial charge in [-0.1, -0.05) is 30.3 Å². The number of fused-ring (bicyclic) bond motifs is 1. The van der Waals surface area contributed by atoms with Crippen LogP contribution < -0.4 is 0 Å². The molecule has 0 bridgehead atoms. The molecule has 0 unspecified atom stereocenters. The third-order valence-corrected chi connectivity index (χ3v) is 6.25. The van der Waals surface area contributed by atoms with E-state index in [1.807, 2.05) is 18.2 Å². The Bertz CT molecular complexity index is 953. The predicted molar refractivity (Wildman–Crippen MR) is 111 cm³/mol. The van der Waals surface area contributed by atoms with E-state index in [0.717, 1.165) is 27.8 Å². The van der Waals surface area contributed by atoms with E-state index in [1.54, 1.807) is 30.8 Å². The van der Waals surface area contributed by atoms with Crippen LogP contribution in [0.4, 0.5) is 5.69 Å².